The highest BCUT2D eigenvalue weighted by Gasteiger charge is 2.27. The molecule has 2 unspecified atom stereocenters. The molecule has 21 heavy (non-hydrogen) atoms. The summed E-state index contributed by atoms with van der Waals surface area (Å²) >= 11 is 3.30. The first-order valence-electron chi connectivity index (χ1n) is 7.42. The molecule has 112 valence electrons. The average molecular weight is 321 g/mol. The standard InChI is InChI=1S/C16H19NO2S2/c1-2-10-3-4-11(7-10)16-17-13(9-20-16)14-6-5-12(21-14)8-15(18)19/h5-6,9-11H,2-4,7-8H2,1H3,(H,18,19). The molecule has 2 heterocycles. The second-order valence-electron chi connectivity index (χ2n) is 5.69. The van der Waals surface area contributed by atoms with Crippen molar-refractivity contribution >= 4 is 28.6 Å². The van der Waals surface area contributed by atoms with Crippen molar-refractivity contribution in [2.45, 2.75) is 44.9 Å². The smallest absolute Gasteiger partial charge is 0.308 e. The lowest BCUT2D eigenvalue weighted by Crippen LogP contribution is -1.96. The van der Waals surface area contributed by atoms with Gasteiger partial charge >= 0.3 is 5.97 Å². The fourth-order valence-electron chi connectivity index (χ4n) is 3.02. The van der Waals surface area contributed by atoms with Crippen molar-refractivity contribution < 1.29 is 9.90 Å². The van der Waals surface area contributed by atoms with E-state index in [1.165, 1.54) is 42.0 Å². The van der Waals surface area contributed by atoms with Gasteiger partial charge in [-0.3, -0.25) is 4.79 Å². The van der Waals surface area contributed by atoms with E-state index in [0.29, 0.717) is 5.92 Å². The van der Waals surface area contributed by atoms with Gasteiger partial charge in [-0.15, -0.1) is 22.7 Å². The molecule has 1 N–H and O–H groups in total. The number of rotatable bonds is 5. The summed E-state index contributed by atoms with van der Waals surface area (Å²) in [6, 6.07) is 3.89. The second kappa shape index (κ2) is 6.28. The summed E-state index contributed by atoms with van der Waals surface area (Å²) < 4.78 is 0. The normalized spacial score (nSPS) is 21.8. The second-order valence-corrected chi connectivity index (χ2v) is 7.75. The van der Waals surface area contributed by atoms with Gasteiger partial charge in [-0.25, -0.2) is 4.98 Å². The van der Waals surface area contributed by atoms with Gasteiger partial charge in [-0.05, 0) is 37.3 Å². The van der Waals surface area contributed by atoms with Gasteiger partial charge in [-0.1, -0.05) is 13.3 Å². The lowest BCUT2D eigenvalue weighted by Gasteiger charge is -2.06. The summed E-state index contributed by atoms with van der Waals surface area (Å²) in [5.74, 6) is 0.720. The average Bonchev–Trinajstić information content (AvgIpc) is 3.17. The number of carboxylic acids is 1. The highest BCUT2D eigenvalue weighted by Crippen LogP contribution is 2.42. The van der Waals surface area contributed by atoms with E-state index in [9.17, 15) is 4.79 Å². The minimum atomic E-state index is -0.779. The van der Waals surface area contributed by atoms with Crippen LogP contribution < -0.4 is 0 Å². The third-order valence-electron chi connectivity index (χ3n) is 4.23. The highest BCUT2D eigenvalue weighted by atomic mass is 32.1. The van der Waals surface area contributed by atoms with Crippen LogP contribution in [0.25, 0.3) is 10.6 Å². The van der Waals surface area contributed by atoms with Crippen molar-refractivity contribution in [2.75, 3.05) is 0 Å². The maximum atomic E-state index is 10.7. The molecule has 0 radical (unpaired) electrons. The zero-order valence-electron chi connectivity index (χ0n) is 12.0. The molecule has 0 aromatic carbocycles. The first kappa shape index (κ1) is 14.7. The monoisotopic (exact) mass is 321 g/mol. The number of thiophene rings is 1. The van der Waals surface area contributed by atoms with E-state index in [1.54, 1.807) is 11.3 Å². The van der Waals surface area contributed by atoms with E-state index in [2.05, 4.69) is 12.3 Å². The maximum absolute atomic E-state index is 10.7. The van der Waals surface area contributed by atoms with Gasteiger partial charge in [-0.2, -0.15) is 0 Å². The third kappa shape index (κ3) is 3.35. The molecular formula is C16H19NO2S2. The molecule has 2 atom stereocenters. The molecule has 1 fully saturated rings. The molecule has 2 aromatic rings. The minimum absolute atomic E-state index is 0.0997. The SMILES string of the molecule is CCC1CCC(c2nc(-c3ccc(CC(=O)O)s3)cs2)C1. The summed E-state index contributed by atoms with van der Waals surface area (Å²) in [6.07, 6.45) is 5.25. The molecule has 1 saturated carbocycles. The van der Waals surface area contributed by atoms with Gasteiger partial charge in [0.15, 0.2) is 0 Å². The summed E-state index contributed by atoms with van der Waals surface area (Å²) in [4.78, 5) is 17.5. The number of nitrogens with zero attached hydrogens (tertiary/aromatic N) is 1. The molecule has 0 saturated heterocycles. The molecule has 1 aliphatic rings. The van der Waals surface area contributed by atoms with Gasteiger partial charge in [0, 0.05) is 16.2 Å². The summed E-state index contributed by atoms with van der Waals surface area (Å²) in [7, 11) is 0. The quantitative estimate of drug-likeness (QED) is 0.861. The first-order chi connectivity index (χ1) is 10.2. The number of thiazole rings is 1. The lowest BCUT2D eigenvalue weighted by molar-refractivity contribution is -0.136. The Kier molecular flexibility index (Phi) is 4.40. The van der Waals surface area contributed by atoms with Crippen molar-refractivity contribution in [3.63, 3.8) is 0 Å². The van der Waals surface area contributed by atoms with Crippen LogP contribution in [0, 0.1) is 5.92 Å². The molecule has 0 amide bonds. The van der Waals surface area contributed by atoms with Gasteiger partial charge in [0.25, 0.3) is 0 Å². The van der Waals surface area contributed by atoms with E-state index < -0.39 is 5.97 Å². The predicted molar refractivity (Wildman–Crippen MR) is 87.1 cm³/mol. The van der Waals surface area contributed by atoms with Crippen LogP contribution in [0.5, 0.6) is 0 Å². The van der Waals surface area contributed by atoms with Crippen LogP contribution in [0.2, 0.25) is 0 Å². The predicted octanol–water partition coefficient (Wildman–Crippen LogP) is 4.79. The molecular weight excluding hydrogens is 302 g/mol. The molecule has 5 heteroatoms. The number of aromatic nitrogens is 1. The number of carbonyl (C=O) groups is 1. The van der Waals surface area contributed by atoms with E-state index >= 15 is 0 Å². The van der Waals surface area contributed by atoms with Crippen LogP contribution in [-0.4, -0.2) is 16.1 Å². The molecule has 2 aromatic heterocycles. The fourth-order valence-corrected chi connectivity index (χ4v) is 5.02. The van der Waals surface area contributed by atoms with Gasteiger partial charge in [0.2, 0.25) is 0 Å². The van der Waals surface area contributed by atoms with Gasteiger partial charge in [0.1, 0.15) is 0 Å². The van der Waals surface area contributed by atoms with Gasteiger partial charge < -0.3 is 5.11 Å². The van der Waals surface area contributed by atoms with Crippen molar-refractivity contribution in [2.24, 2.45) is 5.92 Å². The van der Waals surface area contributed by atoms with Crippen molar-refractivity contribution in [3.05, 3.63) is 27.4 Å². The Balaban J connectivity index is 1.73. The number of aliphatic carboxylic acids is 1. The summed E-state index contributed by atoms with van der Waals surface area (Å²) in [6.45, 7) is 2.27. The maximum Gasteiger partial charge on any atom is 0.308 e. The van der Waals surface area contributed by atoms with Crippen molar-refractivity contribution in [3.8, 4) is 10.6 Å². The summed E-state index contributed by atoms with van der Waals surface area (Å²) in [5, 5.41) is 12.2. The third-order valence-corrected chi connectivity index (χ3v) is 6.34. The summed E-state index contributed by atoms with van der Waals surface area (Å²) in [5.41, 5.74) is 1.01. The van der Waals surface area contributed by atoms with Crippen LogP contribution in [0.4, 0.5) is 0 Å². The fraction of sp³-hybridized carbons (Fsp3) is 0.500. The van der Waals surface area contributed by atoms with Crippen LogP contribution >= 0.6 is 22.7 Å². The number of hydrogen-bond donors (Lipinski definition) is 1. The van der Waals surface area contributed by atoms with E-state index in [0.717, 1.165) is 21.4 Å². The van der Waals surface area contributed by atoms with Crippen LogP contribution in [0.15, 0.2) is 17.5 Å². The molecule has 0 spiro atoms. The molecule has 0 aliphatic heterocycles. The Labute approximate surface area is 132 Å². The molecule has 0 bridgehead atoms. The van der Waals surface area contributed by atoms with E-state index in [1.807, 2.05) is 12.1 Å². The van der Waals surface area contributed by atoms with Crippen LogP contribution in [0.3, 0.4) is 0 Å². The number of carboxylic acid groups (broad SMARTS) is 1. The Morgan fingerprint density at radius 2 is 2.29 bits per heavy atom. The zero-order chi connectivity index (χ0) is 14.8. The Morgan fingerprint density at radius 3 is 3.00 bits per heavy atom. The highest BCUT2D eigenvalue weighted by molar-refractivity contribution is 7.16. The Morgan fingerprint density at radius 1 is 1.43 bits per heavy atom. The van der Waals surface area contributed by atoms with E-state index in [-0.39, 0.29) is 6.42 Å². The minimum Gasteiger partial charge on any atom is -0.481 e. The van der Waals surface area contributed by atoms with Crippen LogP contribution in [0.1, 0.15) is 48.4 Å². The molecule has 3 nitrogen and oxygen atoms in total. The topological polar surface area (TPSA) is 50.2 Å². The zero-order valence-corrected chi connectivity index (χ0v) is 13.7. The largest absolute Gasteiger partial charge is 0.481 e. The van der Waals surface area contributed by atoms with Crippen molar-refractivity contribution in [1.29, 1.82) is 0 Å². The Bertz CT molecular complexity index is 632. The number of hydrogen-bond acceptors (Lipinski definition) is 4. The lowest BCUT2D eigenvalue weighted by atomic mass is 10.0. The first-order valence-corrected chi connectivity index (χ1v) is 9.11. The molecule has 1 aliphatic carbocycles. The van der Waals surface area contributed by atoms with Crippen LogP contribution in [-0.2, 0) is 11.2 Å². The van der Waals surface area contributed by atoms with Gasteiger partial charge in [0.05, 0.1) is 22.0 Å². The van der Waals surface area contributed by atoms with Crippen molar-refractivity contribution in [1.82, 2.24) is 4.98 Å². The Hall–Kier alpha value is -1.20. The molecule has 3 rings (SSSR count). The van der Waals surface area contributed by atoms with E-state index in [4.69, 9.17) is 10.1 Å².